The molecular formula is C24H19BrClF3N2O2. The van der Waals surface area contributed by atoms with Gasteiger partial charge in [-0.3, -0.25) is 9.59 Å². The number of benzene rings is 2. The number of allylic oxidation sites excluding steroid dienone is 3. The van der Waals surface area contributed by atoms with E-state index < -0.39 is 23.6 Å². The maximum Gasteiger partial charge on any atom is 0.416 e. The molecule has 1 heterocycles. The van der Waals surface area contributed by atoms with Crippen molar-refractivity contribution in [3.8, 4) is 0 Å². The number of Topliss-reactive ketones (excluding diaryl/α,β-unsaturated/α-hetero) is 1. The van der Waals surface area contributed by atoms with Crippen molar-refractivity contribution in [2.24, 2.45) is 0 Å². The molecule has 1 amide bonds. The molecule has 172 valence electrons. The number of halogens is 5. The van der Waals surface area contributed by atoms with Crippen LogP contribution in [-0.4, -0.2) is 11.7 Å². The van der Waals surface area contributed by atoms with Gasteiger partial charge in [0.15, 0.2) is 5.78 Å². The van der Waals surface area contributed by atoms with E-state index in [0.29, 0.717) is 30.5 Å². The van der Waals surface area contributed by atoms with Crippen LogP contribution in [0.5, 0.6) is 0 Å². The van der Waals surface area contributed by atoms with E-state index in [0.717, 1.165) is 33.9 Å². The zero-order valence-electron chi connectivity index (χ0n) is 17.4. The van der Waals surface area contributed by atoms with Crippen molar-refractivity contribution < 1.29 is 22.8 Å². The van der Waals surface area contributed by atoms with Crippen LogP contribution in [0, 0.1) is 0 Å². The molecule has 0 bridgehead atoms. The summed E-state index contributed by atoms with van der Waals surface area (Å²) < 4.78 is 40.3. The number of carbonyl (C=O) groups is 2. The number of anilines is 1. The van der Waals surface area contributed by atoms with Crippen molar-refractivity contribution in [2.45, 2.75) is 38.3 Å². The van der Waals surface area contributed by atoms with E-state index in [1.54, 1.807) is 6.92 Å². The Kier molecular flexibility index (Phi) is 6.42. The molecule has 2 aromatic rings. The largest absolute Gasteiger partial charge is 0.416 e. The van der Waals surface area contributed by atoms with Gasteiger partial charge in [-0.25, -0.2) is 0 Å². The first kappa shape index (κ1) is 23.6. The van der Waals surface area contributed by atoms with Crippen LogP contribution in [0.2, 0.25) is 5.02 Å². The van der Waals surface area contributed by atoms with E-state index in [1.807, 2.05) is 24.3 Å². The topological polar surface area (TPSA) is 58.2 Å². The van der Waals surface area contributed by atoms with Gasteiger partial charge in [-0.05, 0) is 55.7 Å². The average Bonchev–Trinajstić information content (AvgIpc) is 2.73. The fraction of sp³-hybridized carbons (Fsp3) is 0.250. The first-order valence-electron chi connectivity index (χ1n) is 10.2. The quantitative estimate of drug-likeness (QED) is 0.455. The standard InChI is InChI=1S/C24H19BrClF3N2O2/c1-12-20(23(33)31-18-11-14(24(27,28)29)8-9-16(18)26)21(13-4-2-5-15(25)10-13)22-17(30-12)6-3-7-19(22)32/h2,4-5,8-11,21,30H,3,6-7H2,1H3,(H,31,33). The zero-order valence-corrected chi connectivity index (χ0v) is 19.8. The SMILES string of the molecule is CC1=C(C(=O)Nc2cc(C(F)(F)F)ccc2Cl)C(c2cccc(Br)c2)C2=C(CCCC2=O)N1. The van der Waals surface area contributed by atoms with Gasteiger partial charge in [0, 0.05) is 39.4 Å². The Morgan fingerprint density at radius 3 is 2.64 bits per heavy atom. The fourth-order valence-corrected chi connectivity index (χ4v) is 4.87. The maximum atomic E-state index is 13.4. The Labute approximate surface area is 202 Å². The van der Waals surface area contributed by atoms with E-state index in [-0.39, 0.29) is 22.1 Å². The van der Waals surface area contributed by atoms with Crippen molar-refractivity contribution in [1.82, 2.24) is 5.32 Å². The fourth-order valence-electron chi connectivity index (χ4n) is 4.29. The van der Waals surface area contributed by atoms with E-state index in [1.165, 1.54) is 0 Å². The van der Waals surface area contributed by atoms with Gasteiger partial charge in [0.2, 0.25) is 0 Å². The minimum atomic E-state index is -4.58. The summed E-state index contributed by atoms with van der Waals surface area (Å²) in [5.41, 5.74) is 1.75. The lowest BCUT2D eigenvalue weighted by molar-refractivity contribution is -0.137. The number of amides is 1. The Morgan fingerprint density at radius 2 is 1.94 bits per heavy atom. The maximum absolute atomic E-state index is 13.4. The van der Waals surface area contributed by atoms with E-state index >= 15 is 0 Å². The van der Waals surface area contributed by atoms with Crippen LogP contribution in [0.15, 0.2) is 69.5 Å². The first-order valence-corrected chi connectivity index (χ1v) is 11.4. The second-order valence-corrected chi connectivity index (χ2v) is 9.29. The molecule has 33 heavy (non-hydrogen) atoms. The van der Waals surface area contributed by atoms with Gasteiger partial charge < -0.3 is 10.6 Å². The lowest BCUT2D eigenvalue weighted by atomic mass is 9.75. The number of alkyl halides is 3. The van der Waals surface area contributed by atoms with E-state index in [9.17, 15) is 22.8 Å². The van der Waals surface area contributed by atoms with Crippen LogP contribution in [0.3, 0.4) is 0 Å². The van der Waals surface area contributed by atoms with Gasteiger partial charge in [0.05, 0.1) is 16.3 Å². The Hall–Kier alpha value is -2.58. The molecule has 2 N–H and O–H groups in total. The highest BCUT2D eigenvalue weighted by Gasteiger charge is 2.39. The van der Waals surface area contributed by atoms with Crippen molar-refractivity contribution in [1.29, 1.82) is 0 Å². The van der Waals surface area contributed by atoms with Crippen LogP contribution in [-0.2, 0) is 15.8 Å². The molecule has 0 spiro atoms. The van der Waals surface area contributed by atoms with Crippen LogP contribution in [0.1, 0.15) is 43.2 Å². The Morgan fingerprint density at radius 1 is 1.18 bits per heavy atom. The Balaban J connectivity index is 1.78. The van der Waals surface area contributed by atoms with Crippen LogP contribution < -0.4 is 10.6 Å². The van der Waals surface area contributed by atoms with Gasteiger partial charge in [-0.1, -0.05) is 39.7 Å². The summed E-state index contributed by atoms with van der Waals surface area (Å²) in [5, 5.41) is 5.69. The molecule has 0 aromatic heterocycles. The van der Waals surface area contributed by atoms with E-state index in [4.69, 9.17) is 11.6 Å². The van der Waals surface area contributed by atoms with Crippen LogP contribution >= 0.6 is 27.5 Å². The van der Waals surface area contributed by atoms with Gasteiger partial charge in [0.25, 0.3) is 5.91 Å². The van der Waals surface area contributed by atoms with Gasteiger partial charge in [-0.15, -0.1) is 0 Å². The van der Waals surface area contributed by atoms with Gasteiger partial charge in [-0.2, -0.15) is 13.2 Å². The average molecular weight is 540 g/mol. The minimum absolute atomic E-state index is 0.0222. The highest BCUT2D eigenvalue weighted by atomic mass is 79.9. The molecule has 4 rings (SSSR count). The third kappa shape index (κ3) is 4.73. The summed E-state index contributed by atoms with van der Waals surface area (Å²) in [6, 6.07) is 10.1. The molecule has 1 unspecified atom stereocenters. The second-order valence-electron chi connectivity index (χ2n) is 7.97. The number of hydrogen-bond acceptors (Lipinski definition) is 3. The van der Waals surface area contributed by atoms with Crippen molar-refractivity contribution in [2.75, 3.05) is 5.32 Å². The first-order chi connectivity index (χ1) is 15.6. The highest BCUT2D eigenvalue weighted by Crippen LogP contribution is 2.43. The predicted molar refractivity (Wildman–Crippen MR) is 124 cm³/mol. The molecule has 2 aliphatic rings. The van der Waals surface area contributed by atoms with Gasteiger partial charge >= 0.3 is 6.18 Å². The van der Waals surface area contributed by atoms with E-state index in [2.05, 4.69) is 26.6 Å². The third-order valence-electron chi connectivity index (χ3n) is 5.74. The van der Waals surface area contributed by atoms with Gasteiger partial charge in [0.1, 0.15) is 0 Å². The highest BCUT2D eigenvalue weighted by molar-refractivity contribution is 9.10. The number of rotatable bonds is 3. The number of dihydropyridines is 1. The summed E-state index contributed by atoms with van der Waals surface area (Å²) in [6.45, 7) is 1.72. The molecule has 0 fully saturated rings. The number of ketones is 1. The lowest BCUT2D eigenvalue weighted by Crippen LogP contribution is -2.35. The number of hydrogen-bond donors (Lipinski definition) is 2. The monoisotopic (exact) mass is 538 g/mol. The smallest absolute Gasteiger partial charge is 0.362 e. The summed E-state index contributed by atoms with van der Waals surface area (Å²) in [7, 11) is 0. The lowest BCUT2D eigenvalue weighted by Gasteiger charge is -2.34. The zero-order chi connectivity index (χ0) is 23.9. The molecule has 0 saturated heterocycles. The van der Waals surface area contributed by atoms with Crippen molar-refractivity contribution in [3.05, 3.63) is 85.6 Å². The molecule has 2 aromatic carbocycles. The molecule has 4 nitrogen and oxygen atoms in total. The molecular weight excluding hydrogens is 521 g/mol. The van der Waals surface area contributed by atoms with Crippen molar-refractivity contribution in [3.63, 3.8) is 0 Å². The van der Waals surface area contributed by atoms with Crippen LogP contribution in [0.4, 0.5) is 18.9 Å². The van der Waals surface area contributed by atoms with Crippen LogP contribution in [0.25, 0.3) is 0 Å². The summed E-state index contributed by atoms with van der Waals surface area (Å²) in [6.07, 6.45) is -2.82. The predicted octanol–water partition coefficient (Wildman–Crippen LogP) is 6.73. The Bertz CT molecular complexity index is 1220. The third-order valence-corrected chi connectivity index (χ3v) is 6.57. The molecule has 1 aliphatic heterocycles. The second kappa shape index (κ2) is 8.99. The summed E-state index contributed by atoms with van der Waals surface area (Å²) in [5.74, 6) is -1.34. The molecule has 1 aliphatic carbocycles. The summed E-state index contributed by atoms with van der Waals surface area (Å²) >= 11 is 9.53. The molecule has 1 atom stereocenters. The summed E-state index contributed by atoms with van der Waals surface area (Å²) in [4.78, 5) is 26.4. The molecule has 0 saturated carbocycles. The molecule has 0 radical (unpaired) electrons. The minimum Gasteiger partial charge on any atom is -0.362 e. The normalized spacial score (nSPS) is 18.7. The number of carbonyl (C=O) groups excluding carboxylic acids is 2. The number of nitrogens with one attached hydrogen (secondary N) is 2. The van der Waals surface area contributed by atoms with Crippen molar-refractivity contribution >= 4 is 44.9 Å². The molecule has 9 heteroatoms.